The minimum atomic E-state index is 0. The van der Waals surface area contributed by atoms with E-state index in [-0.39, 0.29) is 12.4 Å². The summed E-state index contributed by atoms with van der Waals surface area (Å²) in [5.41, 5.74) is 1.20. The van der Waals surface area contributed by atoms with Gasteiger partial charge in [0.25, 0.3) is 0 Å². The number of para-hydroxylation sites is 1. The summed E-state index contributed by atoms with van der Waals surface area (Å²) in [4.78, 5) is 2.51. The van der Waals surface area contributed by atoms with Crippen molar-refractivity contribution in [1.82, 2.24) is 10.2 Å². The van der Waals surface area contributed by atoms with Crippen LogP contribution in [0.4, 0.5) is 0 Å². The lowest BCUT2D eigenvalue weighted by Gasteiger charge is -2.32. The number of hydrogen-bond donors (Lipinski definition) is 1. The molecule has 0 radical (unpaired) electrons. The maximum absolute atomic E-state index is 6.25. The molecule has 1 aliphatic heterocycles. The summed E-state index contributed by atoms with van der Waals surface area (Å²) in [6.45, 7) is 10.3. The van der Waals surface area contributed by atoms with Crippen LogP contribution in [0, 0.1) is 5.92 Å². The van der Waals surface area contributed by atoms with Crippen molar-refractivity contribution >= 4 is 24.0 Å². The Labute approximate surface area is 145 Å². The Bertz CT molecular complexity index is 435. The largest absolute Gasteiger partial charge is 0.492 e. The maximum atomic E-state index is 6.25. The Morgan fingerprint density at radius 2 is 2.00 bits per heavy atom. The van der Waals surface area contributed by atoms with Crippen LogP contribution in [0.15, 0.2) is 18.2 Å². The molecule has 1 fully saturated rings. The van der Waals surface area contributed by atoms with Gasteiger partial charge in [0, 0.05) is 12.1 Å². The first-order valence-corrected chi connectivity index (χ1v) is 8.45. The second-order valence-electron chi connectivity index (χ2n) is 5.69. The Morgan fingerprint density at radius 1 is 1.27 bits per heavy atom. The summed E-state index contributed by atoms with van der Waals surface area (Å²) in [7, 11) is 0. The van der Waals surface area contributed by atoms with Crippen molar-refractivity contribution in [3.63, 3.8) is 0 Å². The highest BCUT2D eigenvalue weighted by molar-refractivity contribution is 6.32. The summed E-state index contributed by atoms with van der Waals surface area (Å²) in [5.74, 6) is 1.68. The van der Waals surface area contributed by atoms with Crippen LogP contribution in [-0.2, 0) is 6.54 Å². The van der Waals surface area contributed by atoms with Crippen LogP contribution >= 0.6 is 24.0 Å². The first kappa shape index (κ1) is 19.6. The topological polar surface area (TPSA) is 24.5 Å². The van der Waals surface area contributed by atoms with Gasteiger partial charge in [-0.1, -0.05) is 30.7 Å². The summed E-state index contributed by atoms with van der Waals surface area (Å²) < 4.78 is 5.71. The summed E-state index contributed by atoms with van der Waals surface area (Å²) in [6.07, 6.45) is 2.55. The van der Waals surface area contributed by atoms with Crippen molar-refractivity contribution in [2.45, 2.75) is 33.2 Å². The normalized spacial score (nSPS) is 16.3. The summed E-state index contributed by atoms with van der Waals surface area (Å²) in [6, 6.07) is 6.04. The van der Waals surface area contributed by atoms with E-state index in [0.717, 1.165) is 49.4 Å². The first-order valence-electron chi connectivity index (χ1n) is 8.07. The number of halogens is 2. The molecule has 0 aromatic heterocycles. The van der Waals surface area contributed by atoms with Gasteiger partial charge in [-0.15, -0.1) is 12.4 Å². The van der Waals surface area contributed by atoms with E-state index in [2.05, 4.69) is 23.2 Å². The standard InChI is InChI=1S/C17H27ClN2O.ClH/c1-3-19-12-14-8-10-20(11-9-14)13-15-6-5-7-16(18)17(15)21-4-2;/h5-7,14,19H,3-4,8-13H2,1-2H3;1H. The van der Waals surface area contributed by atoms with Gasteiger partial charge in [-0.05, 0) is 57.9 Å². The molecule has 126 valence electrons. The molecule has 0 saturated carbocycles. The lowest BCUT2D eigenvalue weighted by molar-refractivity contribution is 0.173. The molecule has 5 heteroatoms. The van der Waals surface area contributed by atoms with E-state index in [0.29, 0.717) is 6.61 Å². The molecule has 0 spiro atoms. The number of nitrogens with one attached hydrogen (secondary N) is 1. The van der Waals surface area contributed by atoms with Gasteiger partial charge in [0.15, 0.2) is 0 Å². The lowest BCUT2D eigenvalue weighted by Crippen LogP contribution is -2.36. The molecule has 0 atom stereocenters. The van der Waals surface area contributed by atoms with Crippen LogP contribution in [0.1, 0.15) is 32.3 Å². The first-order chi connectivity index (χ1) is 10.2. The van der Waals surface area contributed by atoms with Crippen molar-refractivity contribution in [3.05, 3.63) is 28.8 Å². The van der Waals surface area contributed by atoms with Crippen LogP contribution in [-0.4, -0.2) is 37.7 Å². The second-order valence-corrected chi connectivity index (χ2v) is 6.10. The minimum Gasteiger partial charge on any atom is -0.492 e. The third kappa shape index (κ3) is 5.62. The highest BCUT2D eigenvalue weighted by Crippen LogP contribution is 2.30. The molecule has 1 saturated heterocycles. The second kappa shape index (κ2) is 10.3. The molecular weight excluding hydrogens is 319 g/mol. The number of likely N-dealkylation sites (tertiary alicyclic amines) is 1. The Kier molecular flexibility index (Phi) is 9.18. The van der Waals surface area contributed by atoms with E-state index in [1.54, 1.807) is 0 Å². The van der Waals surface area contributed by atoms with E-state index in [4.69, 9.17) is 16.3 Å². The number of rotatable bonds is 7. The molecule has 1 aromatic rings. The predicted molar refractivity (Wildman–Crippen MR) is 96.4 cm³/mol. The molecule has 1 heterocycles. The summed E-state index contributed by atoms with van der Waals surface area (Å²) in [5, 5.41) is 4.18. The van der Waals surface area contributed by atoms with Gasteiger partial charge >= 0.3 is 0 Å². The maximum Gasteiger partial charge on any atom is 0.142 e. The number of ether oxygens (including phenoxy) is 1. The minimum absolute atomic E-state index is 0. The fourth-order valence-corrected chi connectivity index (χ4v) is 3.17. The molecule has 0 unspecified atom stereocenters. The van der Waals surface area contributed by atoms with Crippen LogP contribution in [0.2, 0.25) is 5.02 Å². The van der Waals surface area contributed by atoms with Crippen molar-refractivity contribution in [2.75, 3.05) is 32.8 Å². The molecule has 3 nitrogen and oxygen atoms in total. The van der Waals surface area contributed by atoms with E-state index >= 15 is 0 Å². The predicted octanol–water partition coefficient (Wildman–Crippen LogP) is 3.98. The van der Waals surface area contributed by atoms with Crippen LogP contribution in [0.5, 0.6) is 5.75 Å². The van der Waals surface area contributed by atoms with E-state index in [1.807, 2.05) is 19.1 Å². The van der Waals surface area contributed by atoms with Gasteiger partial charge in [0.2, 0.25) is 0 Å². The molecule has 1 aromatic carbocycles. The molecule has 0 bridgehead atoms. The van der Waals surface area contributed by atoms with Crippen molar-refractivity contribution in [2.24, 2.45) is 5.92 Å². The summed E-state index contributed by atoms with van der Waals surface area (Å²) >= 11 is 6.25. The zero-order valence-electron chi connectivity index (χ0n) is 13.6. The third-order valence-electron chi connectivity index (χ3n) is 4.12. The van der Waals surface area contributed by atoms with Crippen molar-refractivity contribution < 1.29 is 4.74 Å². The van der Waals surface area contributed by atoms with Crippen molar-refractivity contribution in [3.8, 4) is 5.75 Å². The van der Waals surface area contributed by atoms with Gasteiger partial charge in [0.05, 0.1) is 11.6 Å². The smallest absolute Gasteiger partial charge is 0.142 e. The van der Waals surface area contributed by atoms with Gasteiger partial charge in [0.1, 0.15) is 5.75 Å². The monoisotopic (exact) mass is 346 g/mol. The number of nitrogens with zero attached hydrogens (tertiary/aromatic N) is 1. The number of benzene rings is 1. The van der Waals surface area contributed by atoms with Gasteiger partial charge in [-0.25, -0.2) is 0 Å². The van der Waals surface area contributed by atoms with Crippen LogP contribution < -0.4 is 10.1 Å². The van der Waals surface area contributed by atoms with E-state index in [9.17, 15) is 0 Å². The molecule has 2 rings (SSSR count). The average Bonchev–Trinajstić information content (AvgIpc) is 2.50. The zero-order valence-corrected chi connectivity index (χ0v) is 15.2. The molecule has 0 amide bonds. The fourth-order valence-electron chi connectivity index (χ4n) is 2.92. The van der Waals surface area contributed by atoms with Crippen LogP contribution in [0.25, 0.3) is 0 Å². The molecule has 22 heavy (non-hydrogen) atoms. The highest BCUT2D eigenvalue weighted by Gasteiger charge is 2.20. The van der Waals surface area contributed by atoms with Gasteiger partial charge < -0.3 is 10.1 Å². The SMILES string of the molecule is CCNCC1CCN(Cc2cccc(Cl)c2OCC)CC1.Cl. The van der Waals surface area contributed by atoms with Crippen LogP contribution in [0.3, 0.4) is 0 Å². The highest BCUT2D eigenvalue weighted by atomic mass is 35.5. The molecule has 0 aliphatic carbocycles. The number of piperidine rings is 1. The van der Waals surface area contributed by atoms with Crippen molar-refractivity contribution in [1.29, 1.82) is 0 Å². The number of hydrogen-bond acceptors (Lipinski definition) is 3. The Morgan fingerprint density at radius 3 is 2.64 bits per heavy atom. The van der Waals surface area contributed by atoms with E-state index < -0.39 is 0 Å². The Balaban J connectivity index is 0.00000242. The fraction of sp³-hybridized carbons (Fsp3) is 0.647. The van der Waals surface area contributed by atoms with Gasteiger partial charge in [-0.2, -0.15) is 0 Å². The average molecular weight is 347 g/mol. The Hall–Kier alpha value is -0.480. The molecule has 1 N–H and O–H groups in total. The van der Waals surface area contributed by atoms with E-state index in [1.165, 1.54) is 18.4 Å². The molecular formula is C17H28Cl2N2O. The zero-order chi connectivity index (χ0) is 15.1. The molecule has 1 aliphatic rings. The quantitative estimate of drug-likeness (QED) is 0.807. The van der Waals surface area contributed by atoms with Gasteiger partial charge in [-0.3, -0.25) is 4.90 Å². The lowest BCUT2D eigenvalue weighted by atomic mass is 9.96. The third-order valence-corrected chi connectivity index (χ3v) is 4.42.